The van der Waals surface area contributed by atoms with Crippen molar-refractivity contribution in [1.82, 2.24) is 18.8 Å². The zero-order valence-electron chi connectivity index (χ0n) is 29.8. The largest absolute Gasteiger partial charge is 2.00 e. The summed E-state index contributed by atoms with van der Waals surface area (Å²) in [6.07, 6.45) is 8.87. The summed E-state index contributed by atoms with van der Waals surface area (Å²) in [5.41, 5.74) is 10.8. The SMILES string of the molecule is COc1ccc2c(c1)c1ncc(CCCl)n1c1c(Br)cc(C)cc21.COc1ccc2c(c1)c1ncc3n1c1c(cc(C)cc21)CC3.C[CH-]C.[Cl-].[Mg+2]. The number of fused-ring (bicyclic) bond motifs is 9. The molecule has 0 amide bonds. The van der Waals surface area contributed by atoms with E-state index in [-0.39, 0.29) is 35.5 Å². The first-order chi connectivity index (χ1) is 23.8. The van der Waals surface area contributed by atoms with Crippen LogP contribution in [0.3, 0.4) is 0 Å². The fourth-order valence-corrected chi connectivity index (χ4v) is 8.13. The number of imidazole rings is 2. The Labute approximate surface area is 334 Å². The summed E-state index contributed by atoms with van der Waals surface area (Å²) in [6, 6.07) is 21.4. The standard InChI is InChI=1S/C19H16BrClN2O.C19H16N2O.C3H7.ClH.Mg/c1-11-7-15-14-4-3-13(24-2)9-16(14)19-22-10-12(5-6-21)23(19)18(15)17(20)8-11;1-11-7-12-3-4-13-10-20-19-17-9-14(22-2)5-6-15(17)16(8-11)18(12)21(13)19;1-3-2;;/h3-4,7-10H,5-6H2,1-2H3;5-10H,3-4H2,1-2H3;3H,1-2H3;1H;/q;;-1;;+2/p-1. The molecule has 0 spiro atoms. The average Bonchev–Trinajstić information content (AvgIpc) is 3.73. The van der Waals surface area contributed by atoms with Crippen molar-refractivity contribution in [2.75, 3.05) is 20.1 Å². The molecule has 0 aliphatic carbocycles. The van der Waals surface area contributed by atoms with Gasteiger partial charge in [0.1, 0.15) is 22.8 Å². The first-order valence-electron chi connectivity index (χ1n) is 16.6. The van der Waals surface area contributed by atoms with Crippen LogP contribution in [0, 0.1) is 20.3 Å². The topological polar surface area (TPSA) is 53.1 Å². The summed E-state index contributed by atoms with van der Waals surface area (Å²) in [4.78, 5) is 9.39. The van der Waals surface area contributed by atoms with E-state index >= 15 is 0 Å². The van der Waals surface area contributed by atoms with Crippen molar-refractivity contribution in [2.24, 2.45) is 0 Å². The number of halogens is 3. The maximum atomic E-state index is 6.00. The van der Waals surface area contributed by atoms with E-state index in [2.05, 4.69) is 92.1 Å². The van der Waals surface area contributed by atoms with E-state index in [1.54, 1.807) is 14.2 Å². The van der Waals surface area contributed by atoms with Gasteiger partial charge in [-0.1, -0.05) is 11.6 Å². The van der Waals surface area contributed by atoms with Gasteiger partial charge in [0.2, 0.25) is 0 Å². The van der Waals surface area contributed by atoms with Gasteiger partial charge in [-0.3, -0.25) is 8.80 Å². The van der Waals surface area contributed by atoms with Crippen LogP contribution in [-0.2, 0) is 19.3 Å². The number of benzene rings is 4. The Hall–Kier alpha value is -3.27. The van der Waals surface area contributed by atoms with Crippen LogP contribution in [0.4, 0.5) is 0 Å². The summed E-state index contributed by atoms with van der Waals surface area (Å²) < 4.78 is 16.4. The van der Waals surface area contributed by atoms with E-state index in [0.29, 0.717) is 5.88 Å². The molecule has 10 heteroatoms. The molecular formula is C41H39BrCl2MgN4O2. The van der Waals surface area contributed by atoms with Gasteiger partial charge in [-0.25, -0.2) is 9.97 Å². The zero-order valence-corrected chi connectivity index (χ0v) is 34.3. The molecule has 4 aromatic carbocycles. The van der Waals surface area contributed by atoms with E-state index in [1.807, 2.05) is 44.8 Å². The van der Waals surface area contributed by atoms with Gasteiger partial charge in [0.05, 0.1) is 25.3 Å². The number of aromatic nitrogens is 4. The van der Waals surface area contributed by atoms with Crippen LogP contribution in [0.25, 0.3) is 54.6 Å². The average molecular weight is 795 g/mol. The van der Waals surface area contributed by atoms with Crippen molar-refractivity contribution in [1.29, 1.82) is 0 Å². The van der Waals surface area contributed by atoms with E-state index in [0.717, 1.165) is 68.5 Å². The van der Waals surface area contributed by atoms with Gasteiger partial charge in [-0.2, -0.15) is 13.8 Å². The molecule has 0 radical (unpaired) electrons. The van der Waals surface area contributed by atoms with Crippen LogP contribution in [-0.4, -0.2) is 61.9 Å². The molecule has 0 saturated carbocycles. The fourth-order valence-electron chi connectivity index (χ4n) is 7.19. The molecule has 0 saturated heterocycles. The summed E-state index contributed by atoms with van der Waals surface area (Å²) in [7, 11) is 3.40. The second kappa shape index (κ2) is 16.2. The van der Waals surface area contributed by atoms with Crippen molar-refractivity contribution < 1.29 is 21.9 Å². The third-order valence-corrected chi connectivity index (χ3v) is 9.97. The Morgan fingerprint density at radius 2 is 1.27 bits per heavy atom. The predicted molar refractivity (Wildman–Crippen MR) is 214 cm³/mol. The van der Waals surface area contributed by atoms with E-state index in [1.165, 1.54) is 49.4 Å². The molecule has 0 unspecified atom stereocenters. The smallest absolute Gasteiger partial charge is 1.00 e. The minimum absolute atomic E-state index is 0. The van der Waals surface area contributed by atoms with Gasteiger partial charge in [0.25, 0.3) is 0 Å². The molecule has 51 heavy (non-hydrogen) atoms. The van der Waals surface area contributed by atoms with Crippen molar-refractivity contribution in [3.05, 3.63) is 112 Å². The molecule has 4 aromatic heterocycles. The third-order valence-electron chi connectivity index (χ3n) is 9.17. The Morgan fingerprint density at radius 3 is 1.86 bits per heavy atom. The summed E-state index contributed by atoms with van der Waals surface area (Å²) >= 11 is 9.75. The molecule has 1 aliphatic heterocycles. The van der Waals surface area contributed by atoms with Gasteiger partial charge in [0.15, 0.2) is 0 Å². The Balaban J connectivity index is 0.000000178. The van der Waals surface area contributed by atoms with Crippen LogP contribution >= 0.6 is 27.5 Å². The molecule has 8 aromatic rings. The van der Waals surface area contributed by atoms with Crippen LogP contribution in [0.5, 0.6) is 11.5 Å². The minimum atomic E-state index is 0. The first kappa shape index (κ1) is 38.9. The maximum Gasteiger partial charge on any atom is 2.00 e. The molecule has 0 N–H and O–H groups in total. The van der Waals surface area contributed by atoms with Gasteiger partial charge >= 0.3 is 23.1 Å². The van der Waals surface area contributed by atoms with Gasteiger partial charge in [0, 0.05) is 62.1 Å². The van der Waals surface area contributed by atoms with Crippen LogP contribution in [0.2, 0.25) is 0 Å². The molecule has 5 heterocycles. The molecule has 0 fully saturated rings. The van der Waals surface area contributed by atoms with E-state index < -0.39 is 0 Å². The third kappa shape index (κ3) is 6.86. The van der Waals surface area contributed by atoms with E-state index in [9.17, 15) is 0 Å². The molecule has 0 bridgehead atoms. The Bertz CT molecular complexity index is 2550. The van der Waals surface area contributed by atoms with Crippen molar-refractivity contribution in [3.8, 4) is 11.5 Å². The molecule has 0 atom stereocenters. The molecule has 258 valence electrons. The Kier molecular flexibility index (Phi) is 12.3. The number of ether oxygens (including phenoxy) is 2. The fraction of sp³-hybridized carbons (Fsp3) is 0.244. The number of hydrogen-bond donors (Lipinski definition) is 0. The molecule has 1 aliphatic rings. The number of methoxy groups -OCH3 is 2. The van der Waals surface area contributed by atoms with Crippen LogP contribution < -0.4 is 21.9 Å². The van der Waals surface area contributed by atoms with Crippen molar-refractivity contribution in [3.63, 3.8) is 0 Å². The monoisotopic (exact) mass is 792 g/mol. The minimum Gasteiger partial charge on any atom is -1.00 e. The quantitative estimate of drug-likeness (QED) is 0.0807. The Morgan fingerprint density at radius 1 is 0.725 bits per heavy atom. The van der Waals surface area contributed by atoms with Crippen molar-refractivity contribution >= 4 is 105 Å². The second-order valence-electron chi connectivity index (χ2n) is 12.6. The zero-order chi connectivity index (χ0) is 34.4. The number of nitrogens with zero attached hydrogens (tertiary/aromatic N) is 4. The van der Waals surface area contributed by atoms with Crippen LogP contribution in [0.15, 0.2) is 77.5 Å². The first-order valence-corrected chi connectivity index (χ1v) is 17.9. The maximum absolute atomic E-state index is 6.00. The molecular weight excluding hydrogens is 756 g/mol. The number of hydrogen-bond acceptors (Lipinski definition) is 4. The number of alkyl halides is 1. The van der Waals surface area contributed by atoms with Gasteiger partial charge in [-0.05, 0) is 119 Å². The molecule has 9 rings (SSSR count). The van der Waals surface area contributed by atoms with Crippen molar-refractivity contribution in [2.45, 2.75) is 47.0 Å². The normalized spacial score (nSPS) is 11.7. The van der Waals surface area contributed by atoms with E-state index in [4.69, 9.17) is 26.1 Å². The summed E-state index contributed by atoms with van der Waals surface area (Å²) in [5.74, 6) is 2.27. The molecule has 6 nitrogen and oxygen atoms in total. The number of aryl methyl sites for hydroxylation is 5. The van der Waals surface area contributed by atoms with Crippen LogP contribution in [0.1, 0.15) is 41.9 Å². The van der Waals surface area contributed by atoms with Gasteiger partial charge < -0.3 is 28.3 Å². The predicted octanol–water partition coefficient (Wildman–Crippen LogP) is 7.41. The van der Waals surface area contributed by atoms with Gasteiger partial charge in [-0.15, -0.1) is 11.6 Å². The number of rotatable bonds is 4. The summed E-state index contributed by atoms with van der Waals surface area (Å²) in [6.45, 7) is 8.29. The summed E-state index contributed by atoms with van der Waals surface area (Å²) in [5, 5.41) is 7.19. The second-order valence-corrected chi connectivity index (χ2v) is 13.9. The number of pyridine rings is 2.